The minimum absolute atomic E-state index is 0.242. The molecule has 4 heteroatoms. The van der Waals surface area contributed by atoms with Crippen molar-refractivity contribution in [3.05, 3.63) is 35.4 Å². The molecule has 0 unspecified atom stereocenters. The van der Waals surface area contributed by atoms with Gasteiger partial charge in [-0.3, -0.25) is 9.59 Å². The van der Waals surface area contributed by atoms with E-state index in [4.69, 9.17) is 9.47 Å². The molecule has 1 aliphatic carbocycles. The van der Waals surface area contributed by atoms with Crippen molar-refractivity contribution in [1.82, 2.24) is 0 Å². The maximum Gasteiger partial charge on any atom is 0.299 e. The summed E-state index contributed by atoms with van der Waals surface area (Å²) in [6, 6.07) is 6.68. The van der Waals surface area contributed by atoms with Crippen molar-refractivity contribution in [2.75, 3.05) is 13.2 Å². The molecule has 0 saturated carbocycles. The lowest BCUT2D eigenvalue weighted by molar-refractivity contribution is -0.162. The molecule has 0 radical (unpaired) electrons. The maximum atomic E-state index is 12.2. The van der Waals surface area contributed by atoms with Crippen LogP contribution in [0.3, 0.4) is 0 Å². The highest BCUT2D eigenvalue weighted by Gasteiger charge is 2.55. The number of Topliss-reactive ketones (excluding diaryl/α,β-unsaturated/α-hetero) is 2. The van der Waals surface area contributed by atoms with Gasteiger partial charge in [-0.1, -0.05) is 24.3 Å². The summed E-state index contributed by atoms with van der Waals surface area (Å²) in [5.74, 6) is -2.56. The second-order valence-electron chi connectivity index (χ2n) is 3.69. The Hall–Kier alpha value is -1.52. The molecule has 2 rings (SSSR count). The van der Waals surface area contributed by atoms with Gasteiger partial charge in [0.2, 0.25) is 11.6 Å². The average molecular weight is 234 g/mol. The Morgan fingerprint density at radius 2 is 1.35 bits per heavy atom. The summed E-state index contributed by atoms with van der Waals surface area (Å²) in [6.07, 6.45) is 0. The van der Waals surface area contributed by atoms with Crippen molar-refractivity contribution < 1.29 is 19.1 Å². The Bertz CT molecular complexity index is 421. The summed E-state index contributed by atoms with van der Waals surface area (Å²) < 4.78 is 10.6. The summed E-state index contributed by atoms with van der Waals surface area (Å²) in [4.78, 5) is 24.5. The third-order valence-electron chi connectivity index (χ3n) is 2.71. The highest BCUT2D eigenvalue weighted by Crippen LogP contribution is 2.33. The Labute approximate surface area is 99.5 Å². The maximum absolute atomic E-state index is 12.2. The van der Waals surface area contributed by atoms with Crippen molar-refractivity contribution in [1.29, 1.82) is 0 Å². The van der Waals surface area contributed by atoms with E-state index in [2.05, 4.69) is 0 Å². The number of hydrogen-bond acceptors (Lipinski definition) is 4. The van der Waals surface area contributed by atoms with Crippen LogP contribution in [-0.4, -0.2) is 30.6 Å². The first-order chi connectivity index (χ1) is 8.17. The van der Waals surface area contributed by atoms with Gasteiger partial charge in [0.1, 0.15) is 0 Å². The highest BCUT2D eigenvalue weighted by atomic mass is 16.7. The first kappa shape index (κ1) is 12.0. The minimum Gasteiger partial charge on any atom is -0.337 e. The number of fused-ring (bicyclic) bond motifs is 1. The molecule has 0 atom stereocenters. The number of benzene rings is 1. The van der Waals surface area contributed by atoms with Gasteiger partial charge < -0.3 is 9.47 Å². The van der Waals surface area contributed by atoms with E-state index < -0.39 is 17.4 Å². The molecule has 0 fully saturated rings. The lowest BCUT2D eigenvalue weighted by Gasteiger charge is -2.24. The third-order valence-corrected chi connectivity index (χ3v) is 2.71. The van der Waals surface area contributed by atoms with Crippen molar-refractivity contribution >= 4 is 11.6 Å². The quantitative estimate of drug-likeness (QED) is 0.589. The Morgan fingerprint density at radius 3 is 1.71 bits per heavy atom. The van der Waals surface area contributed by atoms with Crippen LogP contribution in [0.2, 0.25) is 0 Å². The molecule has 17 heavy (non-hydrogen) atoms. The zero-order valence-corrected chi connectivity index (χ0v) is 9.86. The standard InChI is InChI=1S/C13H14O4/c1-3-16-13(17-4-2)11(14)9-7-5-6-8-10(9)12(13)15/h5-8H,3-4H2,1-2H3. The van der Waals surface area contributed by atoms with Crippen LogP contribution >= 0.6 is 0 Å². The van der Waals surface area contributed by atoms with Crippen LogP contribution in [0.5, 0.6) is 0 Å². The summed E-state index contributed by atoms with van der Waals surface area (Å²) in [7, 11) is 0. The molecule has 0 N–H and O–H groups in total. The minimum atomic E-state index is -1.76. The molecule has 0 amide bonds. The summed E-state index contributed by atoms with van der Waals surface area (Å²) in [5.41, 5.74) is 0.749. The van der Waals surface area contributed by atoms with E-state index in [1.54, 1.807) is 38.1 Å². The third kappa shape index (κ3) is 1.61. The summed E-state index contributed by atoms with van der Waals surface area (Å²) in [6.45, 7) is 3.94. The fraction of sp³-hybridized carbons (Fsp3) is 0.385. The smallest absolute Gasteiger partial charge is 0.299 e. The van der Waals surface area contributed by atoms with Crippen molar-refractivity contribution in [2.24, 2.45) is 0 Å². The number of carbonyl (C=O) groups excluding carboxylic acids is 2. The molecular formula is C13H14O4. The Balaban J connectivity index is 2.52. The van der Waals surface area contributed by atoms with E-state index >= 15 is 0 Å². The molecule has 1 aliphatic rings. The van der Waals surface area contributed by atoms with Crippen molar-refractivity contribution in [3.63, 3.8) is 0 Å². The van der Waals surface area contributed by atoms with Crippen LogP contribution in [0.4, 0.5) is 0 Å². The molecule has 4 nitrogen and oxygen atoms in total. The zero-order chi connectivity index (χ0) is 12.5. The van der Waals surface area contributed by atoms with E-state index in [9.17, 15) is 9.59 Å². The van der Waals surface area contributed by atoms with E-state index in [1.165, 1.54) is 0 Å². The summed E-state index contributed by atoms with van der Waals surface area (Å²) in [5, 5.41) is 0. The second-order valence-corrected chi connectivity index (χ2v) is 3.69. The predicted octanol–water partition coefficient (Wildman–Crippen LogP) is 1.83. The molecule has 0 aromatic heterocycles. The van der Waals surface area contributed by atoms with Crippen LogP contribution in [0.25, 0.3) is 0 Å². The zero-order valence-electron chi connectivity index (χ0n) is 9.86. The van der Waals surface area contributed by atoms with Crippen LogP contribution in [-0.2, 0) is 9.47 Å². The van der Waals surface area contributed by atoms with Crippen LogP contribution in [0.15, 0.2) is 24.3 Å². The molecule has 0 aliphatic heterocycles. The van der Waals surface area contributed by atoms with E-state index in [0.29, 0.717) is 11.1 Å². The predicted molar refractivity (Wildman–Crippen MR) is 61.1 cm³/mol. The van der Waals surface area contributed by atoms with Gasteiger partial charge in [0.15, 0.2) is 0 Å². The largest absolute Gasteiger partial charge is 0.337 e. The second kappa shape index (κ2) is 4.39. The average Bonchev–Trinajstić information content (AvgIpc) is 2.54. The molecule has 0 spiro atoms. The first-order valence-corrected chi connectivity index (χ1v) is 5.64. The fourth-order valence-electron chi connectivity index (χ4n) is 2.05. The number of hydrogen-bond donors (Lipinski definition) is 0. The lowest BCUT2D eigenvalue weighted by Crippen LogP contribution is -2.47. The molecule has 0 heterocycles. The molecule has 0 bridgehead atoms. The topological polar surface area (TPSA) is 52.6 Å². The number of ether oxygens (including phenoxy) is 2. The van der Waals surface area contributed by atoms with Gasteiger partial charge in [0, 0.05) is 24.3 Å². The Kier molecular flexibility index (Phi) is 3.09. The van der Waals surface area contributed by atoms with Crippen molar-refractivity contribution in [2.45, 2.75) is 19.6 Å². The number of rotatable bonds is 4. The number of carbonyl (C=O) groups is 2. The van der Waals surface area contributed by atoms with E-state index in [1.807, 2.05) is 0 Å². The molecule has 1 aromatic rings. The van der Waals surface area contributed by atoms with Gasteiger partial charge in [0.05, 0.1) is 0 Å². The SMILES string of the molecule is CCOC1(OCC)C(=O)c2ccccc2C1=O. The van der Waals surface area contributed by atoms with Gasteiger partial charge in [-0.25, -0.2) is 0 Å². The van der Waals surface area contributed by atoms with Crippen LogP contribution in [0, 0.1) is 0 Å². The van der Waals surface area contributed by atoms with E-state index in [0.717, 1.165) is 0 Å². The first-order valence-electron chi connectivity index (χ1n) is 5.64. The van der Waals surface area contributed by atoms with Crippen molar-refractivity contribution in [3.8, 4) is 0 Å². The summed E-state index contributed by atoms with van der Waals surface area (Å²) >= 11 is 0. The molecular weight excluding hydrogens is 220 g/mol. The van der Waals surface area contributed by atoms with Crippen LogP contribution < -0.4 is 0 Å². The van der Waals surface area contributed by atoms with Gasteiger partial charge in [-0.05, 0) is 13.8 Å². The van der Waals surface area contributed by atoms with Gasteiger partial charge >= 0.3 is 0 Å². The van der Waals surface area contributed by atoms with Gasteiger partial charge in [-0.15, -0.1) is 0 Å². The monoisotopic (exact) mass is 234 g/mol. The number of ketones is 2. The fourth-order valence-corrected chi connectivity index (χ4v) is 2.05. The Morgan fingerprint density at radius 1 is 0.941 bits per heavy atom. The lowest BCUT2D eigenvalue weighted by atomic mass is 10.1. The normalized spacial score (nSPS) is 17.3. The van der Waals surface area contributed by atoms with Gasteiger partial charge in [-0.2, -0.15) is 0 Å². The highest BCUT2D eigenvalue weighted by molar-refractivity contribution is 6.31. The molecule has 90 valence electrons. The van der Waals surface area contributed by atoms with Gasteiger partial charge in [0.25, 0.3) is 5.79 Å². The molecule has 0 saturated heterocycles. The van der Waals surface area contributed by atoms with Crippen LogP contribution in [0.1, 0.15) is 34.6 Å². The molecule has 1 aromatic carbocycles. The van der Waals surface area contributed by atoms with E-state index in [-0.39, 0.29) is 13.2 Å².